The summed E-state index contributed by atoms with van der Waals surface area (Å²) in [5.74, 6) is 0.789. The van der Waals surface area contributed by atoms with E-state index in [0.717, 1.165) is 5.82 Å². The number of pyridine rings is 1. The second-order valence-electron chi connectivity index (χ2n) is 2.81. The first-order valence-electron chi connectivity index (χ1n) is 4.30. The number of anilines is 1. The van der Waals surface area contributed by atoms with Gasteiger partial charge in [-0.25, -0.2) is 4.98 Å². The zero-order valence-corrected chi connectivity index (χ0v) is 7.70. The number of hydrogen-bond acceptors (Lipinski definition) is 4. The average molecular weight is 181 g/mol. The van der Waals surface area contributed by atoms with E-state index in [1.807, 2.05) is 25.2 Å². The molecule has 4 heteroatoms. The van der Waals surface area contributed by atoms with Crippen LogP contribution in [0, 0.1) is 0 Å². The number of rotatable bonds is 5. The highest BCUT2D eigenvalue weighted by Gasteiger charge is 2.01. The SMILES string of the molecule is CNCC(O)CNc1ccccn1. The Hall–Kier alpha value is -1.13. The molecule has 1 rings (SSSR count). The van der Waals surface area contributed by atoms with Gasteiger partial charge in [-0.1, -0.05) is 6.07 Å². The van der Waals surface area contributed by atoms with E-state index in [2.05, 4.69) is 15.6 Å². The van der Waals surface area contributed by atoms with Crippen molar-refractivity contribution in [1.29, 1.82) is 0 Å². The second-order valence-corrected chi connectivity index (χ2v) is 2.81. The summed E-state index contributed by atoms with van der Waals surface area (Å²) < 4.78 is 0. The van der Waals surface area contributed by atoms with Gasteiger partial charge in [-0.15, -0.1) is 0 Å². The summed E-state index contributed by atoms with van der Waals surface area (Å²) in [5, 5.41) is 15.3. The topological polar surface area (TPSA) is 57.2 Å². The van der Waals surface area contributed by atoms with Gasteiger partial charge in [0, 0.05) is 19.3 Å². The highest BCUT2D eigenvalue weighted by molar-refractivity contribution is 5.33. The van der Waals surface area contributed by atoms with E-state index in [9.17, 15) is 5.11 Å². The summed E-state index contributed by atoms with van der Waals surface area (Å²) in [6, 6.07) is 5.63. The third-order valence-corrected chi connectivity index (χ3v) is 1.62. The minimum absolute atomic E-state index is 0.382. The molecule has 0 saturated heterocycles. The summed E-state index contributed by atoms with van der Waals surface area (Å²) in [6.07, 6.45) is 1.33. The Kier molecular flexibility index (Phi) is 4.21. The highest BCUT2D eigenvalue weighted by Crippen LogP contribution is 1.99. The molecule has 0 aliphatic heterocycles. The zero-order valence-electron chi connectivity index (χ0n) is 7.70. The quantitative estimate of drug-likeness (QED) is 0.602. The van der Waals surface area contributed by atoms with Crippen LogP contribution in [0.4, 0.5) is 5.82 Å². The third-order valence-electron chi connectivity index (χ3n) is 1.62. The van der Waals surface area contributed by atoms with E-state index in [4.69, 9.17) is 0 Å². The standard InChI is InChI=1S/C9H15N3O/c1-10-6-8(13)7-12-9-4-2-3-5-11-9/h2-5,8,10,13H,6-7H2,1H3,(H,11,12). The van der Waals surface area contributed by atoms with Crippen LogP contribution in [0.15, 0.2) is 24.4 Å². The summed E-state index contributed by atoms with van der Waals surface area (Å²) in [7, 11) is 1.81. The molecule has 0 saturated carbocycles. The Morgan fingerprint density at radius 1 is 1.46 bits per heavy atom. The number of aromatic nitrogens is 1. The Bertz CT molecular complexity index is 228. The van der Waals surface area contributed by atoms with Crippen LogP contribution in [0.2, 0.25) is 0 Å². The van der Waals surface area contributed by atoms with Crippen LogP contribution >= 0.6 is 0 Å². The van der Waals surface area contributed by atoms with Crippen LogP contribution in [0.1, 0.15) is 0 Å². The van der Waals surface area contributed by atoms with E-state index in [1.165, 1.54) is 0 Å². The van der Waals surface area contributed by atoms with E-state index in [-0.39, 0.29) is 6.10 Å². The molecule has 13 heavy (non-hydrogen) atoms. The predicted molar refractivity (Wildman–Crippen MR) is 52.7 cm³/mol. The molecule has 4 nitrogen and oxygen atoms in total. The largest absolute Gasteiger partial charge is 0.390 e. The Morgan fingerprint density at radius 3 is 2.92 bits per heavy atom. The maximum atomic E-state index is 9.36. The fourth-order valence-corrected chi connectivity index (χ4v) is 0.998. The number of likely N-dealkylation sites (N-methyl/N-ethyl adjacent to an activating group) is 1. The van der Waals surface area contributed by atoms with Crippen molar-refractivity contribution >= 4 is 5.82 Å². The van der Waals surface area contributed by atoms with Gasteiger partial charge in [0.1, 0.15) is 5.82 Å². The zero-order chi connectivity index (χ0) is 9.52. The van der Waals surface area contributed by atoms with Crippen LogP contribution in [-0.4, -0.2) is 36.3 Å². The number of nitrogens with one attached hydrogen (secondary N) is 2. The molecule has 0 radical (unpaired) electrons. The summed E-state index contributed by atoms with van der Waals surface area (Å²) in [4.78, 5) is 4.07. The van der Waals surface area contributed by atoms with Gasteiger partial charge < -0.3 is 15.7 Å². The molecule has 1 unspecified atom stereocenters. The van der Waals surface area contributed by atoms with Gasteiger partial charge in [0.15, 0.2) is 0 Å². The lowest BCUT2D eigenvalue weighted by molar-refractivity contribution is 0.187. The van der Waals surface area contributed by atoms with Crippen LogP contribution < -0.4 is 10.6 Å². The first kappa shape index (κ1) is 9.95. The average Bonchev–Trinajstić information content (AvgIpc) is 2.17. The molecule has 0 amide bonds. The summed E-state index contributed by atoms with van der Waals surface area (Å²) >= 11 is 0. The van der Waals surface area contributed by atoms with Gasteiger partial charge in [-0.3, -0.25) is 0 Å². The van der Waals surface area contributed by atoms with Crippen LogP contribution in [0.3, 0.4) is 0 Å². The molecule has 0 aliphatic carbocycles. The Morgan fingerprint density at radius 2 is 2.31 bits per heavy atom. The molecule has 0 fully saturated rings. The second kappa shape index (κ2) is 5.50. The third kappa shape index (κ3) is 3.87. The first-order chi connectivity index (χ1) is 6.33. The minimum Gasteiger partial charge on any atom is -0.390 e. The van der Waals surface area contributed by atoms with Crippen LogP contribution in [-0.2, 0) is 0 Å². The van der Waals surface area contributed by atoms with Crippen molar-refractivity contribution in [3.05, 3.63) is 24.4 Å². The highest BCUT2D eigenvalue weighted by atomic mass is 16.3. The van der Waals surface area contributed by atoms with Crippen molar-refractivity contribution in [2.75, 3.05) is 25.5 Å². The van der Waals surface area contributed by atoms with E-state index in [1.54, 1.807) is 6.20 Å². The lowest BCUT2D eigenvalue weighted by Crippen LogP contribution is -2.30. The van der Waals surface area contributed by atoms with Gasteiger partial charge in [0.2, 0.25) is 0 Å². The fraction of sp³-hybridized carbons (Fsp3) is 0.444. The molecular formula is C9H15N3O. The van der Waals surface area contributed by atoms with E-state index < -0.39 is 0 Å². The molecule has 0 aliphatic rings. The van der Waals surface area contributed by atoms with Gasteiger partial charge in [0.05, 0.1) is 6.10 Å². The van der Waals surface area contributed by atoms with E-state index in [0.29, 0.717) is 13.1 Å². The fourth-order valence-electron chi connectivity index (χ4n) is 0.998. The molecule has 1 aromatic rings. The Balaban J connectivity index is 2.27. The Labute approximate surface area is 78.0 Å². The van der Waals surface area contributed by atoms with E-state index >= 15 is 0 Å². The van der Waals surface area contributed by atoms with Crippen molar-refractivity contribution < 1.29 is 5.11 Å². The van der Waals surface area contributed by atoms with Gasteiger partial charge in [-0.2, -0.15) is 0 Å². The molecule has 0 bridgehead atoms. The van der Waals surface area contributed by atoms with Gasteiger partial charge in [-0.05, 0) is 19.2 Å². The number of hydrogen-bond donors (Lipinski definition) is 3. The molecule has 72 valence electrons. The van der Waals surface area contributed by atoms with Crippen molar-refractivity contribution in [1.82, 2.24) is 10.3 Å². The minimum atomic E-state index is -0.382. The molecule has 1 heterocycles. The molecule has 0 spiro atoms. The molecular weight excluding hydrogens is 166 g/mol. The number of aliphatic hydroxyl groups is 1. The number of aliphatic hydroxyl groups excluding tert-OH is 1. The van der Waals surface area contributed by atoms with Crippen molar-refractivity contribution in [3.8, 4) is 0 Å². The lowest BCUT2D eigenvalue weighted by Gasteiger charge is -2.10. The van der Waals surface area contributed by atoms with Crippen molar-refractivity contribution in [2.45, 2.75) is 6.10 Å². The lowest BCUT2D eigenvalue weighted by atomic mass is 10.3. The van der Waals surface area contributed by atoms with Gasteiger partial charge >= 0.3 is 0 Å². The first-order valence-corrected chi connectivity index (χ1v) is 4.30. The van der Waals surface area contributed by atoms with Crippen molar-refractivity contribution in [3.63, 3.8) is 0 Å². The van der Waals surface area contributed by atoms with Crippen molar-refractivity contribution in [2.24, 2.45) is 0 Å². The molecule has 0 aromatic carbocycles. The molecule has 1 aromatic heterocycles. The molecule has 1 atom stereocenters. The molecule has 3 N–H and O–H groups in total. The predicted octanol–water partition coefficient (Wildman–Crippen LogP) is 0.0738. The van der Waals surface area contributed by atoms with Crippen LogP contribution in [0.5, 0.6) is 0 Å². The number of nitrogens with zero attached hydrogens (tertiary/aromatic N) is 1. The maximum absolute atomic E-state index is 9.36. The van der Waals surface area contributed by atoms with Crippen LogP contribution in [0.25, 0.3) is 0 Å². The smallest absolute Gasteiger partial charge is 0.125 e. The van der Waals surface area contributed by atoms with Gasteiger partial charge in [0.25, 0.3) is 0 Å². The summed E-state index contributed by atoms with van der Waals surface area (Å²) in [5.41, 5.74) is 0. The normalized spacial score (nSPS) is 12.5. The summed E-state index contributed by atoms with van der Waals surface area (Å²) in [6.45, 7) is 1.09. The monoisotopic (exact) mass is 181 g/mol. The maximum Gasteiger partial charge on any atom is 0.125 e.